The molecule has 1 aromatic heterocycles. The fourth-order valence-electron chi connectivity index (χ4n) is 1.59. The first-order valence-electron chi connectivity index (χ1n) is 4.93. The van der Waals surface area contributed by atoms with E-state index in [1.165, 1.54) is 0 Å². The van der Waals surface area contributed by atoms with Gasteiger partial charge in [0.05, 0.1) is 0 Å². The summed E-state index contributed by atoms with van der Waals surface area (Å²) >= 11 is 12.0. The second-order valence-corrected chi connectivity index (χ2v) is 4.33. The fraction of sp³-hybridized carbons (Fsp3) is 0.0833. The van der Waals surface area contributed by atoms with Crippen LogP contribution < -0.4 is 5.73 Å². The van der Waals surface area contributed by atoms with Gasteiger partial charge in [-0.15, -0.1) is 0 Å². The lowest BCUT2D eigenvalue weighted by Gasteiger charge is -2.15. The SMILES string of the molecule is Nc1ncccc1C(O)c1c(Cl)cccc1Cl. The van der Waals surface area contributed by atoms with E-state index >= 15 is 0 Å². The van der Waals surface area contributed by atoms with Crippen LogP contribution in [0.2, 0.25) is 10.0 Å². The molecule has 0 amide bonds. The summed E-state index contributed by atoms with van der Waals surface area (Å²) in [6, 6.07) is 8.43. The van der Waals surface area contributed by atoms with Crippen LogP contribution in [-0.2, 0) is 0 Å². The average molecular weight is 269 g/mol. The minimum Gasteiger partial charge on any atom is -0.383 e. The Kier molecular flexibility index (Phi) is 3.52. The predicted octanol–water partition coefficient (Wildman–Crippen LogP) is 3.05. The maximum absolute atomic E-state index is 10.2. The highest BCUT2D eigenvalue weighted by atomic mass is 35.5. The molecule has 0 aliphatic rings. The zero-order chi connectivity index (χ0) is 12.4. The molecule has 3 N–H and O–H groups in total. The Bertz CT molecular complexity index is 526. The first-order chi connectivity index (χ1) is 8.11. The van der Waals surface area contributed by atoms with E-state index in [1.807, 2.05) is 0 Å². The number of aliphatic hydroxyl groups excluding tert-OH is 1. The number of hydrogen-bond donors (Lipinski definition) is 2. The number of nitrogens with two attached hydrogens (primary N) is 1. The van der Waals surface area contributed by atoms with Gasteiger partial charge in [0.15, 0.2) is 0 Å². The Hall–Kier alpha value is -1.29. The van der Waals surface area contributed by atoms with Crippen LogP contribution in [0.3, 0.4) is 0 Å². The second-order valence-electron chi connectivity index (χ2n) is 3.52. The molecular weight excluding hydrogens is 259 g/mol. The van der Waals surface area contributed by atoms with Crippen molar-refractivity contribution in [3.8, 4) is 0 Å². The summed E-state index contributed by atoms with van der Waals surface area (Å²) in [7, 11) is 0. The number of rotatable bonds is 2. The number of aliphatic hydroxyl groups is 1. The molecule has 88 valence electrons. The standard InChI is InChI=1S/C12H10Cl2N2O/c13-8-4-1-5-9(14)10(8)11(17)7-3-2-6-16-12(7)15/h1-6,11,17H,(H2,15,16). The fourth-order valence-corrected chi connectivity index (χ4v) is 2.19. The number of pyridine rings is 1. The van der Waals surface area contributed by atoms with E-state index in [9.17, 15) is 5.11 Å². The second kappa shape index (κ2) is 4.92. The molecule has 0 aliphatic heterocycles. The molecule has 5 heteroatoms. The van der Waals surface area contributed by atoms with Crippen molar-refractivity contribution in [1.82, 2.24) is 4.98 Å². The van der Waals surface area contributed by atoms with Gasteiger partial charge in [-0.3, -0.25) is 0 Å². The summed E-state index contributed by atoms with van der Waals surface area (Å²) in [5.74, 6) is 0.260. The zero-order valence-electron chi connectivity index (χ0n) is 8.77. The molecule has 1 unspecified atom stereocenters. The molecule has 0 fully saturated rings. The summed E-state index contributed by atoms with van der Waals surface area (Å²) in [6.45, 7) is 0. The molecule has 0 spiro atoms. The molecule has 2 rings (SSSR count). The number of anilines is 1. The third-order valence-corrected chi connectivity index (χ3v) is 3.10. The molecule has 1 heterocycles. The first-order valence-corrected chi connectivity index (χ1v) is 5.69. The number of nitrogen functional groups attached to an aromatic ring is 1. The van der Waals surface area contributed by atoms with Crippen molar-refractivity contribution < 1.29 is 5.11 Å². The van der Waals surface area contributed by atoms with Gasteiger partial charge in [-0.1, -0.05) is 35.3 Å². The number of halogens is 2. The van der Waals surface area contributed by atoms with Crippen LogP contribution in [0.1, 0.15) is 17.2 Å². The van der Waals surface area contributed by atoms with Crippen LogP contribution in [0, 0.1) is 0 Å². The third kappa shape index (κ3) is 2.36. The number of nitrogens with zero attached hydrogens (tertiary/aromatic N) is 1. The summed E-state index contributed by atoms with van der Waals surface area (Å²) in [6.07, 6.45) is 0.574. The summed E-state index contributed by atoms with van der Waals surface area (Å²) in [5, 5.41) is 11.0. The zero-order valence-corrected chi connectivity index (χ0v) is 10.3. The van der Waals surface area contributed by atoms with Crippen LogP contribution in [-0.4, -0.2) is 10.1 Å². The third-order valence-electron chi connectivity index (χ3n) is 2.44. The van der Waals surface area contributed by atoms with Gasteiger partial charge in [-0.2, -0.15) is 0 Å². The number of hydrogen-bond acceptors (Lipinski definition) is 3. The maximum Gasteiger partial charge on any atom is 0.129 e. The smallest absolute Gasteiger partial charge is 0.129 e. The molecule has 3 nitrogen and oxygen atoms in total. The summed E-state index contributed by atoms with van der Waals surface area (Å²) < 4.78 is 0. The monoisotopic (exact) mass is 268 g/mol. The topological polar surface area (TPSA) is 59.1 Å². The summed E-state index contributed by atoms with van der Waals surface area (Å²) in [4.78, 5) is 3.92. The summed E-state index contributed by atoms with van der Waals surface area (Å²) in [5.41, 5.74) is 6.63. The normalized spacial score (nSPS) is 12.4. The molecule has 0 saturated carbocycles. The highest BCUT2D eigenvalue weighted by molar-refractivity contribution is 6.36. The quantitative estimate of drug-likeness (QED) is 0.880. The van der Waals surface area contributed by atoms with Gasteiger partial charge in [0.1, 0.15) is 11.9 Å². The van der Waals surface area contributed by atoms with Gasteiger partial charge >= 0.3 is 0 Å². The average Bonchev–Trinajstić information content (AvgIpc) is 2.29. The Labute approximate surface area is 109 Å². The molecule has 0 radical (unpaired) electrons. The molecule has 0 saturated heterocycles. The number of benzene rings is 1. The predicted molar refractivity (Wildman–Crippen MR) is 69.2 cm³/mol. The van der Waals surface area contributed by atoms with E-state index < -0.39 is 6.10 Å². The van der Waals surface area contributed by atoms with E-state index in [4.69, 9.17) is 28.9 Å². The molecule has 1 aromatic carbocycles. The Morgan fingerprint density at radius 2 is 1.76 bits per heavy atom. The Morgan fingerprint density at radius 3 is 2.35 bits per heavy atom. The minimum absolute atomic E-state index is 0.260. The molecule has 2 aromatic rings. The van der Waals surface area contributed by atoms with Gasteiger partial charge in [-0.25, -0.2) is 4.98 Å². The van der Waals surface area contributed by atoms with Gasteiger partial charge in [0.25, 0.3) is 0 Å². The first kappa shape index (κ1) is 12.2. The highest BCUT2D eigenvalue weighted by Gasteiger charge is 2.19. The van der Waals surface area contributed by atoms with Gasteiger partial charge in [0, 0.05) is 27.4 Å². The van der Waals surface area contributed by atoms with Crippen molar-refractivity contribution in [3.63, 3.8) is 0 Å². The lowest BCUT2D eigenvalue weighted by molar-refractivity contribution is 0.221. The van der Waals surface area contributed by atoms with Gasteiger partial charge < -0.3 is 10.8 Å². The van der Waals surface area contributed by atoms with Crippen molar-refractivity contribution >= 4 is 29.0 Å². The minimum atomic E-state index is -0.982. The van der Waals surface area contributed by atoms with Crippen LogP contribution in [0.25, 0.3) is 0 Å². The van der Waals surface area contributed by atoms with Crippen molar-refractivity contribution in [1.29, 1.82) is 0 Å². The number of aromatic nitrogens is 1. The van der Waals surface area contributed by atoms with Crippen LogP contribution in [0.4, 0.5) is 5.82 Å². The molecule has 0 bridgehead atoms. The van der Waals surface area contributed by atoms with Gasteiger partial charge in [-0.05, 0) is 18.2 Å². The molecular formula is C12H10Cl2N2O. The lowest BCUT2D eigenvalue weighted by Crippen LogP contribution is -2.06. The van der Waals surface area contributed by atoms with Crippen molar-refractivity contribution in [2.45, 2.75) is 6.10 Å². The van der Waals surface area contributed by atoms with Gasteiger partial charge in [0.2, 0.25) is 0 Å². The Balaban J connectivity index is 2.51. The van der Waals surface area contributed by atoms with E-state index in [0.717, 1.165) is 0 Å². The molecule has 17 heavy (non-hydrogen) atoms. The Morgan fingerprint density at radius 1 is 1.12 bits per heavy atom. The molecule has 1 atom stereocenters. The van der Waals surface area contributed by atoms with Crippen molar-refractivity contribution in [3.05, 3.63) is 57.7 Å². The van der Waals surface area contributed by atoms with Crippen molar-refractivity contribution in [2.24, 2.45) is 0 Å². The van der Waals surface area contributed by atoms with E-state index in [2.05, 4.69) is 4.98 Å². The van der Waals surface area contributed by atoms with Crippen LogP contribution >= 0.6 is 23.2 Å². The maximum atomic E-state index is 10.2. The van der Waals surface area contributed by atoms with Crippen LogP contribution in [0.15, 0.2) is 36.5 Å². The van der Waals surface area contributed by atoms with E-state index in [-0.39, 0.29) is 5.82 Å². The highest BCUT2D eigenvalue weighted by Crippen LogP contribution is 2.35. The lowest BCUT2D eigenvalue weighted by atomic mass is 10.0. The van der Waals surface area contributed by atoms with Crippen molar-refractivity contribution in [2.75, 3.05) is 5.73 Å². The largest absolute Gasteiger partial charge is 0.383 e. The van der Waals surface area contributed by atoms with E-state index in [1.54, 1.807) is 36.5 Å². The van der Waals surface area contributed by atoms with Crippen LogP contribution in [0.5, 0.6) is 0 Å². The van der Waals surface area contributed by atoms with E-state index in [0.29, 0.717) is 21.2 Å². The molecule has 0 aliphatic carbocycles.